The zero-order chi connectivity index (χ0) is 13.1. The third-order valence-corrected chi connectivity index (χ3v) is 3.21. The molecule has 18 heavy (non-hydrogen) atoms. The third-order valence-electron chi connectivity index (χ3n) is 3.21. The van der Waals surface area contributed by atoms with Gasteiger partial charge in [-0.2, -0.15) is 0 Å². The Labute approximate surface area is 112 Å². The Morgan fingerprint density at radius 2 is 2.00 bits per heavy atom. The minimum atomic E-state index is 0.980. The standard InChI is InChI=1S/C15H27N3/c1-3-18(13-9-5-4-7-11-16-2)14-15-10-6-8-12-17-15/h6,8,10,12,16H,3-5,7,9,11,13-14H2,1-2H3. The van der Waals surface area contributed by atoms with Crippen molar-refractivity contribution in [2.45, 2.75) is 39.2 Å². The van der Waals surface area contributed by atoms with Crippen molar-refractivity contribution in [2.75, 3.05) is 26.7 Å². The highest BCUT2D eigenvalue weighted by molar-refractivity contribution is 5.03. The molecule has 0 fully saturated rings. The Kier molecular flexibility index (Phi) is 8.43. The van der Waals surface area contributed by atoms with Crippen LogP contribution in [-0.4, -0.2) is 36.6 Å². The second-order valence-corrected chi connectivity index (χ2v) is 4.71. The van der Waals surface area contributed by atoms with Gasteiger partial charge in [0, 0.05) is 12.7 Å². The Hall–Kier alpha value is -0.930. The maximum Gasteiger partial charge on any atom is 0.0543 e. The van der Waals surface area contributed by atoms with Crippen molar-refractivity contribution in [1.29, 1.82) is 0 Å². The van der Waals surface area contributed by atoms with Crippen LogP contribution < -0.4 is 5.32 Å². The van der Waals surface area contributed by atoms with Crippen LogP contribution in [0, 0.1) is 0 Å². The van der Waals surface area contributed by atoms with Gasteiger partial charge in [-0.05, 0) is 51.7 Å². The van der Waals surface area contributed by atoms with Gasteiger partial charge in [0.25, 0.3) is 0 Å². The van der Waals surface area contributed by atoms with Crippen molar-refractivity contribution in [1.82, 2.24) is 15.2 Å². The van der Waals surface area contributed by atoms with E-state index in [1.54, 1.807) is 0 Å². The van der Waals surface area contributed by atoms with Crippen LogP contribution in [0.5, 0.6) is 0 Å². The molecule has 3 heteroatoms. The summed E-state index contributed by atoms with van der Waals surface area (Å²) in [5.74, 6) is 0. The zero-order valence-electron chi connectivity index (χ0n) is 11.9. The second-order valence-electron chi connectivity index (χ2n) is 4.71. The lowest BCUT2D eigenvalue weighted by atomic mass is 10.2. The summed E-state index contributed by atoms with van der Waals surface area (Å²) in [5, 5.41) is 3.19. The van der Waals surface area contributed by atoms with E-state index in [1.165, 1.54) is 37.9 Å². The predicted octanol–water partition coefficient (Wildman–Crippen LogP) is 2.68. The van der Waals surface area contributed by atoms with E-state index in [-0.39, 0.29) is 0 Å². The molecule has 1 aromatic heterocycles. The first-order chi connectivity index (χ1) is 8.86. The molecule has 0 spiro atoms. The first-order valence-corrected chi connectivity index (χ1v) is 7.13. The molecular weight excluding hydrogens is 222 g/mol. The van der Waals surface area contributed by atoms with Crippen molar-refractivity contribution in [3.63, 3.8) is 0 Å². The van der Waals surface area contributed by atoms with Gasteiger partial charge in [0.1, 0.15) is 0 Å². The van der Waals surface area contributed by atoms with Crippen LogP contribution in [0.2, 0.25) is 0 Å². The summed E-state index contributed by atoms with van der Waals surface area (Å²) in [6, 6.07) is 6.14. The third kappa shape index (κ3) is 6.72. The molecule has 0 saturated heterocycles. The van der Waals surface area contributed by atoms with Gasteiger partial charge >= 0.3 is 0 Å². The molecule has 1 heterocycles. The molecule has 0 aliphatic rings. The molecule has 1 rings (SSSR count). The molecule has 0 aliphatic carbocycles. The molecule has 0 aromatic carbocycles. The Morgan fingerprint density at radius 1 is 1.17 bits per heavy atom. The maximum absolute atomic E-state index is 4.39. The molecule has 1 N–H and O–H groups in total. The average Bonchev–Trinajstić information content (AvgIpc) is 2.42. The van der Waals surface area contributed by atoms with Crippen LogP contribution in [0.25, 0.3) is 0 Å². The normalized spacial score (nSPS) is 11.1. The lowest BCUT2D eigenvalue weighted by molar-refractivity contribution is 0.269. The van der Waals surface area contributed by atoms with Gasteiger partial charge < -0.3 is 5.32 Å². The highest BCUT2D eigenvalue weighted by Crippen LogP contribution is 2.05. The van der Waals surface area contributed by atoms with E-state index in [4.69, 9.17) is 0 Å². The van der Waals surface area contributed by atoms with Crippen molar-refractivity contribution < 1.29 is 0 Å². The molecule has 0 radical (unpaired) electrons. The van der Waals surface area contributed by atoms with Crippen LogP contribution >= 0.6 is 0 Å². The fourth-order valence-electron chi connectivity index (χ4n) is 2.06. The van der Waals surface area contributed by atoms with Crippen LogP contribution in [0.15, 0.2) is 24.4 Å². The van der Waals surface area contributed by atoms with E-state index in [1.807, 2.05) is 19.3 Å². The number of hydrogen-bond donors (Lipinski definition) is 1. The van der Waals surface area contributed by atoms with E-state index in [9.17, 15) is 0 Å². The summed E-state index contributed by atoms with van der Waals surface area (Å²) in [5.41, 5.74) is 1.18. The van der Waals surface area contributed by atoms with Gasteiger partial charge in [-0.15, -0.1) is 0 Å². The smallest absolute Gasteiger partial charge is 0.0543 e. The summed E-state index contributed by atoms with van der Waals surface area (Å²) in [7, 11) is 2.02. The Bertz CT molecular complexity index is 287. The van der Waals surface area contributed by atoms with E-state index in [0.717, 1.165) is 19.6 Å². The summed E-state index contributed by atoms with van der Waals surface area (Å²) in [6.07, 6.45) is 7.14. The van der Waals surface area contributed by atoms with Crippen LogP contribution in [0.1, 0.15) is 38.3 Å². The zero-order valence-corrected chi connectivity index (χ0v) is 11.9. The topological polar surface area (TPSA) is 28.2 Å². The average molecular weight is 249 g/mol. The number of unbranched alkanes of at least 4 members (excludes halogenated alkanes) is 3. The summed E-state index contributed by atoms with van der Waals surface area (Å²) < 4.78 is 0. The molecule has 102 valence electrons. The minimum absolute atomic E-state index is 0.980. The monoisotopic (exact) mass is 249 g/mol. The largest absolute Gasteiger partial charge is 0.320 e. The molecular formula is C15H27N3. The van der Waals surface area contributed by atoms with E-state index < -0.39 is 0 Å². The van der Waals surface area contributed by atoms with E-state index in [0.29, 0.717) is 0 Å². The molecule has 0 saturated carbocycles. The Balaban J connectivity index is 2.14. The lowest BCUT2D eigenvalue weighted by Crippen LogP contribution is -2.24. The van der Waals surface area contributed by atoms with Gasteiger partial charge in [0.05, 0.1) is 5.69 Å². The predicted molar refractivity (Wildman–Crippen MR) is 77.6 cm³/mol. The van der Waals surface area contributed by atoms with E-state index >= 15 is 0 Å². The summed E-state index contributed by atoms with van der Waals surface area (Å²) in [4.78, 5) is 6.86. The fourth-order valence-corrected chi connectivity index (χ4v) is 2.06. The molecule has 0 atom stereocenters. The number of rotatable bonds is 10. The fraction of sp³-hybridized carbons (Fsp3) is 0.667. The van der Waals surface area contributed by atoms with E-state index in [2.05, 4.69) is 34.3 Å². The number of nitrogens with zero attached hydrogens (tertiary/aromatic N) is 2. The number of hydrogen-bond acceptors (Lipinski definition) is 3. The number of nitrogens with one attached hydrogen (secondary N) is 1. The number of aromatic nitrogens is 1. The van der Waals surface area contributed by atoms with Crippen LogP contribution in [0.3, 0.4) is 0 Å². The highest BCUT2D eigenvalue weighted by atomic mass is 15.1. The first-order valence-electron chi connectivity index (χ1n) is 7.13. The quantitative estimate of drug-likeness (QED) is 0.646. The van der Waals surface area contributed by atoms with Gasteiger partial charge in [-0.1, -0.05) is 25.8 Å². The van der Waals surface area contributed by atoms with Crippen LogP contribution in [0.4, 0.5) is 0 Å². The SMILES string of the molecule is CCN(CCCCCCNC)Cc1ccccn1. The van der Waals surface area contributed by atoms with Gasteiger partial charge in [-0.3, -0.25) is 9.88 Å². The van der Waals surface area contributed by atoms with Gasteiger partial charge in [-0.25, -0.2) is 0 Å². The number of pyridine rings is 1. The Morgan fingerprint density at radius 3 is 2.67 bits per heavy atom. The second kappa shape index (κ2) is 10.0. The van der Waals surface area contributed by atoms with Gasteiger partial charge in [0.2, 0.25) is 0 Å². The summed E-state index contributed by atoms with van der Waals surface area (Å²) in [6.45, 7) is 6.64. The van der Waals surface area contributed by atoms with Gasteiger partial charge in [0.15, 0.2) is 0 Å². The van der Waals surface area contributed by atoms with Crippen molar-refractivity contribution in [3.8, 4) is 0 Å². The highest BCUT2D eigenvalue weighted by Gasteiger charge is 2.03. The van der Waals surface area contributed by atoms with Crippen molar-refractivity contribution in [3.05, 3.63) is 30.1 Å². The molecule has 0 unspecified atom stereocenters. The summed E-state index contributed by atoms with van der Waals surface area (Å²) >= 11 is 0. The minimum Gasteiger partial charge on any atom is -0.320 e. The van der Waals surface area contributed by atoms with Crippen molar-refractivity contribution in [2.24, 2.45) is 0 Å². The maximum atomic E-state index is 4.39. The van der Waals surface area contributed by atoms with Crippen molar-refractivity contribution >= 4 is 0 Å². The molecule has 0 aliphatic heterocycles. The lowest BCUT2D eigenvalue weighted by Gasteiger charge is -2.19. The molecule has 0 amide bonds. The molecule has 1 aromatic rings. The molecule has 0 bridgehead atoms. The first kappa shape index (κ1) is 15.1. The molecule has 3 nitrogen and oxygen atoms in total. The van der Waals surface area contributed by atoms with Crippen LogP contribution in [-0.2, 0) is 6.54 Å².